The van der Waals surface area contributed by atoms with E-state index in [9.17, 15) is 4.79 Å². The van der Waals surface area contributed by atoms with Crippen LogP contribution in [-0.2, 0) is 16.8 Å². The topological polar surface area (TPSA) is 77.2 Å². The van der Waals surface area contributed by atoms with Gasteiger partial charge in [0.15, 0.2) is 11.5 Å². The van der Waals surface area contributed by atoms with Crippen molar-refractivity contribution in [2.75, 3.05) is 14.2 Å². The Labute approximate surface area is 204 Å². The number of ether oxygens (including phenoxy) is 2. The molecule has 0 aromatic heterocycles. The maximum Gasteiger partial charge on any atom is 0.261 e. The van der Waals surface area contributed by atoms with E-state index >= 15 is 0 Å². The number of hydrogen-bond donors (Lipinski definition) is 1. The minimum atomic E-state index is -1.15. The molecule has 7 heteroatoms. The Balaban J connectivity index is 1.60. The van der Waals surface area contributed by atoms with E-state index in [4.69, 9.17) is 31.8 Å². The summed E-state index contributed by atoms with van der Waals surface area (Å²) in [4.78, 5) is 19.8. The second kappa shape index (κ2) is 8.06. The SMILES string of the molecule is COc1ccc(CC2(C)CC3(N=C(N)N(C)C3=O)c3cc(-c4cccc(Cl)c4)ccc3O2)cc1. The van der Waals surface area contributed by atoms with E-state index in [0.717, 1.165) is 28.0 Å². The highest BCUT2D eigenvalue weighted by molar-refractivity contribution is 6.30. The van der Waals surface area contributed by atoms with Gasteiger partial charge in [-0.2, -0.15) is 0 Å². The average Bonchev–Trinajstić information content (AvgIpc) is 3.02. The predicted molar refractivity (Wildman–Crippen MR) is 133 cm³/mol. The Morgan fingerprint density at radius 3 is 2.50 bits per heavy atom. The van der Waals surface area contributed by atoms with E-state index in [1.807, 2.05) is 73.7 Å². The number of nitrogens with two attached hydrogens (primary N) is 1. The Hall–Kier alpha value is -3.51. The van der Waals surface area contributed by atoms with Crippen LogP contribution in [0.25, 0.3) is 11.1 Å². The lowest BCUT2D eigenvalue weighted by atomic mass is 9.74. The van der Waals surface area contributed by atoms with Gasteiger partial charge in [0.25, 0.3) is 5.91 Å². The number of amides is 1. The maximum absolute atomic E-state index is 13.6. The van der Waals surface area contributed by atoms with Crippen LogP contribution in [0.5, 0.6) is 11.5 Å². The fraction of sp³-hybridized carbons (Fsp3) is 0.259. The summed E-state index contributed by atoms with van der Waals surface area (Å²) in [6.07, 6.45) is 0.961. The number of guanidine groups is 1. The highest BCUT2D eigenvalue weighted by Crippen LogP contribution is 2.50. The molecule has 2 atom stereocenters. The third kappa shape index (κ3) is 3.68. The van der Waals surface area contributed by atoms with Gasteiger partial charge in [0.05, 0.1) is 7.11 Å². The van der Waals surface area contributed by atoms with Crippen LogP contribution in [0.4, 0.5) is 0 Å². The second-order valence-corrected chi connectivity index (χ2v) is 9.61. The van der Waals surface area contributed by atoms with Crippen molar-refractivity contribution in [3.63, 3.8) is 0 Å². The van der Waals surface area contributed by atoms with Crippen molar-refractivity contribution in [2.24, 2.45) is 10.7 Å². The third-order valence-corrected chi connectivity index (χ3v) is 6.85. The Kier molecular flexibility index (Phi) is 5.29. The number of hydrogen-bond acceptors (Lipinski definition) is 5. The number of halogens is 1. The van der Waals surface area contributed by atoms with Gasteiger partial charge in [-0.3, -0.25) is 9.69 Å². The molecular weight excluding hydrogens is 450 g/mol. The first-order chi connectivity index (χ1) is 16.2. The molecule has 34 heavy (non-hydrogen) atoms. The van der Waals surface area contributed by atoms with Crippen LogP contribution in [0.2, 0.25) is 5.02 Å². The fourth-order valence-electron chi connectivity index (χ4n) is 4.99. The van der Waals surface area contributed by atoms with Crippen molar-refractivity contribution in [1.29, 1.82) is 0 Å². The van der Waals surface area contributed by atoms with E-state index in [-0.39, 0.29) is 11.9 Å². The van der Waals surface area contributed by atoms with Crippen molar-refractivity contribution < 1.29 is 14.3 Å². The molecule has 0 bridgehead atoms. The number of carbonyl (C=O) groups excluding carboxylic acids is 1. The van der Waals surface area contributed by atoms with Crippen LogP contribution < -0.4 is 15.2 Å². The summed E-state index contributed by atoms with van der Waals surface area (Å²) < 4.78 is 11.8. The van der Waals surface area contributed by atoms with Gasteiger partial charge in [-0.05, 0) is 60.0 Å². The summed E-state index contributed by atoms with van der Waals surface area (Å²) in [6.45, 7) is 2.02. The number of methoxy groups -OCH3 is 1. The first-order valence-corrected chi connectivity index (χ1v) is 11.5. The van der Waals surface area contributed by atoms with Crippen molar-refractivity contribution in [3.05, 3.63) is 82.9 Å². The molecule has 2 heterocycles. The largest absolute Gasteiger partial charge is 0.497 e. The van der Waals surface area contributed by atoms with Crippen LogP contribution in [0, 0.1) is 0 Å². The standard InChI is InChI=1S/C27H26ClN3O3/c1-26(15-17-7-10-21(33-3)11-8-17)16-27(24(32)31(2)25(29)30-27)22-14-19(9-12-23(22)34-26)18-5-4-6-20(28)13-18/h4-14H,15-16H2,1-3H3,(H2,29,30). The van der Waals surface area contributed by atoms with Crippen LogP contribution >= 0.6 is 11.6 Å². The first kappa shape index (κ1) is 22.3. The van der Waals surface area contributed by atoms with Gasteiger partial charge in [0.1, 0.15) is 17.1 Å². The Morgan fingerprint density at radius 2 is 1.85 bits per heavy atom. The van der Waals surface area contributed by atoms with Crippen molar-refractivity contribution in [3.8, 4) is 22.6 Å². The van der Waals surface area contributed by atoms with Gasteiger partial charge < -0.3 is 15.2 Å². The number of aliphatic imine (C=N–C) groups is 1. The average molecular weight is 476 g/mol. The first-order valence-electron chi connectivity index (χ1n) is 11.1. The highest BCUT2D eigenvalue weighted by atomic mass is 35.5. The summed E-state index contributed by atoms with van der Waals surface area (Å²) in [5.41, 5.74) is 8.00. The smallest absolute Gasteiger partial charge is 0.261 e. The molecule has 1 amide bonds. The summed E-state index contributed by atoms with van der Waals surface area (Å²) in [7, 11) is 3.30. The molecule has 5 rings (SSSR count). The van der Waals surface area contributed by atoms with E-state index in [1.165, 1.54) is 4.90 Å². The van der Waals surface area contributed by atoms with E-state index in [1.54, 1.807) is 14.2 Å². The zero-order valence-corrected chi connectivity index (χ0v) is 20.1. The van der Waals surface area contributed by atoms with Crippen LogP contribution in [0.1, 0.15) is 24.5 Å². The lowest BCUT2D eigenvalue weighted by Crippen LogP contribution is -2.51. The number of likely N-dealkylation sites (N-methyl/N-ethyl adjacent to an activating group) is 1. The van der Waals surface area contributed by atoms with Crippen molar-refractivity contribution >= 4 is 23.5 Å². The van der Waals surface area contributed by atoms with Crippen molar-refractivity contribution in [1.82, 2.24) is 4.90 Å². The monoisotopic (exact) mass is 475 g/mol. The molecule has 2 unspecified atom stereocenters. The van der Waals surface area contributed by atoms with Gasteiger partial charge >= 0.3 is 0 Å². The lowest BCUT2D eigenvalue weighted by Gasteiger charge is -2.43. The number of rotatable bonds is 4. The normalized spacial score (nSPS) is 23.5. The van der Waals surface area contributed by atoms with E-state index < -0.39 is 11.1 Å². The molecule has 2 N–H and O–H groups in total. The minimum Gasteiger partial charge on any atom is -0.497 e. The van der Waals surface area contributed by atoms with Crippen LogP contribution in [0.15, 0.2) is 71.7 Å². The van der Waals surface area contributed by atoms with Gasteiger partial charge in [0, 0.05) is 30.5 Å². The van der Waals surface area contributed by atoms with Gasteiger partial charge in [-0.1, -0.05) is 41.9 Å². The molecule has 0 aliphatic carbocycles. The quantitative estimate of drug-likeness (QED) is 0.589. The molecule has 6 nitrogen and oxygen atoms in total. The minimum absolute atomic E-state index is 0.154. The van der Waals surface area contributed by atoms with E-state index in [2.05, 4.69) is 0 Å². The number of fused-ring (bicyclic) bond motifs is 2. The third-order valence-electron chi connectivity index (χ3n) is 6.61. The molecule has 3 aromatic rings. The molecule has 0 saturated heterocycles. The summed E-state index contributed by atoms with van der Waals surface area (Å²) in [6, 6.07) is 21.4. The van der Waals surface area contributed by atoms with Crippen molar-refractivity contribution in [2.45, 2.75) is 30.9 Å². The maximum atomic E-state index is 13.6. The molecule has 0 radical (unpaired) electrons. The van der Waals surface area contributed by atoms with Gasteiger partial charge in [-0.15, -0.1) is 0 Å². The van der Waals surface area contributed by atoms with Gasteiger partial charge in [-0.25, -0.2) is 4.99 Å². The molecule has 0 saturated carbocycles. The molecule has 1 spiro atoms. The summed E-state index contributed by atoms with van der Waals surface area (Å²) >= 11 is 6.22. The fourth-order valence-corrected chi connectivity index (χ4v) is 5.18. The molecule has 3 aromatic carbocycles. The Morgan fingerprint density at radius 1 is 1.12 bits per heavy atom. The Bertz CT molecular complexity index is 1310. The molecule has 0 fully saturated rings. The summed E-state index contributed by atoms with van der Waals surface area (Å²) in [5, 5.41) is 0.646. The predicted octanol–water partition coefficient (Wildman–Crippen LogP) is 4.78. The van der Waals surface area contributed by atoms with Crippen LogP contribution in [0.3, 0.4) is 0 Å². The summed E-state index contributed by atoms with van der Waals surface area (Å²) in [5.74, 6) is 1.48. The van der Waals surface area contributed by atoms with Gasteiger partial charge in [0.2, 0.25) is 0 Å². The molecule has 174 valence electrons. The van der Waals surface area contributed by atoms with Crippen LogP contribution in [-0.4, -0.2) is 36.5 Å². The number of nitrogens with zero attached hydrogens (tertiary/aromatic N) is 2. The lowest BCUT2D eigenvalue weighted by molar-refractivity contribution is -0.133. The molecular formula is C27H26ClN3O3. The number of benzene rings is 3. The zero-order chi connectivity index (χ0) is 24.1. The molecule has 2 aliphatic heterocycles. The van der Waals surface area contributed by atoms with E-state index in [0.29, 0.717) is 23.6 Å². The number of carbonyl (C=O) groups is 1. The highest BCUT2D eigenvalue weighted by Gasteiger charge is 2.56. The zero-order valence-electron chi connectivity index (χ0n) is 19.3. The molecule has 2 aliphatic rings. The second-order valence-electron chi connectivity index (χ2n) is 9.17.